The summed E-state index contributed by atoms with van der Waals surface area (Å²) in [6.45, 7) is 5.59. The monoisotopic (exact) mass is 406 g/mol. The molecule has 0 unspecified atom stereocenters. The summed E-state index contributed by atoms with van der Waals surface area (Å²) in [5.41, 5.74) is -0.424. The number of carboxylic acid groups (broad SMARTS) is 1. The summed E-state index contributed by atoms with van der Waals surface area (Å²) >= 11 is 0. The lowest BCUT2D eigenvalue weighted by molar-refractivity contribution is -0.154. The van der Waals surface area contributed by atoms with Gasteiger partial charge < -0.3 is 19.7 Å². The number of aliphatic hydroxyl groups is 1. The number of hydrogen-bond acceptors (Lipinski definition) is 6. The van der Waals surface area contributed by atoms with Crippen LogP contribution in [0.2, 0.25) is 0 Å². The molecule has 1 aliphatic heterocycles. The van der Waals surface area contributed by atoms with Crippen molar-refractivity contribution in [1.29, 1.82) is 0 Å². The third-order valence-corrected chi connectivity index (χ3v) is 7.54. The molecule has 0 saturated heterocycles. The molecule has 3 rings (SSSR count). The van der Waals surface area contributed by atoms with E-state index in [4.69, 9.17) is 9.47 Å². The Balaban J connectivity index is 1.99. The maximum absolute atomic E-state index is 12.1. The molecule has 0 amide bonds. The highest BCUT2D eigenvalue weighted by molar-refractivity contribution is 5.90. The van der Waals surface area contributed by atoms with E-state index >= 15 is 0 Å². The Morgan fingerprint density at radius 2 is 2.10 bits per heavy atom. The molecule has 3 aliphatic rings. The lowest BCUT2D eigenvalue weighted by atomic mass is 9.46. The van der Waals surface area contributed by atoms with Crippen molar-refractivity contribution in [3.05, 3.63) is 23.3 Å². The fourth-order valence-electron chi connectivity index (χ4n) is 5.70. The second-order valence-corrected chi connectivity index (χ2v) is 8.91. The first-order valence-corrected chi connectivity index (χ1v) is 10.2. The highest BCUT2D eigenvalue weighted by Crippen LogP contribution is 2.62. The van der Waals surface area contributed by atoms with E-state index in [1.165, 1.54) is 13.0 Å². The van der Waals surface area contributed by atoms with Crippen molar-refractivity contribution in [3.63, 3.8) is 0 Å². The number of rotatable bonds is 6. The summed E-state index contributed by atoms with van der Waals surface area (Å²) in [7, 11) is 0. The maximum Gasteiger partial charge on any atom is 0.334 e. The molecule has 29 heavy (non-hydrogen) atoms. The standard InChI is InChI=1S/C22H30O7/c1-13-4-8-22(12-23)17(19(25)26)10-16(29-14(2)24)11-18(22)21(13,3)7-5-15-6-9-28-20(15)27/h6,10,13,16,18,23H,4-5,7-9,11-12H2,1-3H3,(H,25,26)/t13-,16+,18+,21-,22-/m0/s1. The Hall–Kier alpha value is -2.15. The predicted octanol–water partition coefficient (Wildman–Crippen LogP) is 2.63. The fraction of sp³-hybridized carbons (Fsp3) is 0.682. The van der Waals surface area contributed by atoms with Gasteiger partial charge >= 0.3 is 17.9 Å². The van der Waals surface area contributed by atoms with E-state index in [0.29, 0.717) is 37.9 Å². The second kappa shape index (κ2) is 7.94. The molecule has 1 fully saturated rings. The van der Waals surface area contributed by atoms with Crippen molar-refractivity contribution in [1.82, 2.24) is 0 Å². The van der Waals surface area contributed by atoms with Gasteiger partial charge in [-0.05, 0) is 61.5 Å². The Bertz CT molecular complexity index is 767. The van der Waals surface area contributed by atoms with E-state index in [9.17, 15) is 24.6 Å². The predicted molar refractivity (Wildman–Crippen MR) is 104 cm³/mol. The third-order valence-electron chi connectivity index (χ3n) is 7.54. The van der Waals surface area contributed by atoms with E-state index in [0.717, 1.165) is 6.42 Å². The van der Waals surface area contributed by atoms with Gasteiger partial charge in [0.05, 0.1) is 6.61 Å². The highest BCUT2D eigenvalue weighted by atomic mass is 16.5. The van der Waals surface area contributed by atoms with Gasteiger partial charge in [-0.2, -0.15) is 0 Å². The molecule has 0 aromatic heterocycles. The zero-order valence-corrected chi connectivity index (χ0v) is 17.3. The molecule has 0 aromatic carbocycles. The molecular weight excluding hydrogens is 376 g/mol. The molecule has 0 radical (unpaired) electrons. The molecule has 2 aliphatic carbocycles. The second-order valence-electron chi connectivity index (χ2n) is 8.91. The lowest BCUT2D eigenvalue weighted by Gasteiger charge is -2.58. The zero-order chi connectivity index (χ0) is 21.4. The molecule has 160 valence electrons. The summed E-state index contributed by atoms with van der Waals surface area (Å²) in [6.07, 6.45) is 5.68. The van der Waals surface area contributed by atoms with Gasteiger partial charge in [-0.15, -0.1) is 0 Å². The van der Waals surface area contributed by atoms with Crippen LogP contribution in [0.5, 0.6) is 0 Å². The van der Waals surface area contributed by atoms with E-state index in [2.05, 4.69) is 13.8 Å². The van der Waals surface area contributed by atoms with E-state index in [-0.39, 0.29) is 35.4 Å². The smallest absolute Gasteiger partial charge is 0.334 e. The summed E-state index contributed by atoms with van der Waals surface area (Å²) < 4.78 is 10.4. The van der Waals surface area contributed by atoms with Crippen LogP contribution in [-0.2, 0) is 23.9 Å². The maximum atomic E-state index is 12.1. The molecule has 2 N–H and O–H groups in total. The van der Waals surface area contributed by atoms with Crippen molar-refractivity contribution in [3.8, 4) is 0 Å². The summed E-state index contributed by atoms with van der Waals surface area (Å²) in [4.78, 5) is 35.5. The van der Waals surface area contributed by atoms with Gasteiger partial charge in [0.1, 0.15) is 12.7 Å². The lowest BCUT2D eigenvalue weighted by Crippen LogP contribution is -2.56. The van der Waals surface area contributed by atoms with Crippen LogP contribution < -0.4 is 0 Å². The topological polar surface area (TPSA) is 110 Å². The van der Waals surface area contributed by atoms with Gasteiger partial charge in [0, 0.05) is 23.5 Å². The number of aliphatic carboxylic acids is 1. The fourth-order valence-corrected chi connectivity index (χ4v) is 5.70. The molecule has 1 heterocycles. The molecule has 1 saturated carbocycles. The number of esters is 2. The van der Waals surface area contributed by atoms with Gasteiger partial charge in [-0.25, -0.2) is 9.59 Å². The average molecular weight is 406 g/mol. The minimum atomic E-state index is -1.08. The van der Waals surface area contributed by atoms with Crippen molar-refractivity contribution in [2.75, 3.05) is 13.2 Å². The van der Waals surface area contributed by atoms with Crippen molar-refractivity contribution < 1.29 is 34.1 Å². The van der Waals surface area contributed by atoms with Crippen molar-refractivity contribution >= 4 is 17.9 Å². The summed E-state index contributed by atoms with van der Waals surface area (Å²) in [6, 6.07) is 0. The molecule has 0 bridgehead atoms. The normalized spacial score (nSPS) is 36.6. The Morgan fingerprint density at radius 3 is 2.66 bits per heavy atom. The third kappa shape index (κ3) is 3.72. The molecular formula is C22H30O7. The van der Waals surface area contributed by atoms with Gasteiger partial charge in [-0.1, -0.05) is 13.8 Å². The molecule has 0 spiro atoms. The molecule has 0 aromatic rings. The Labute approximate surface area is 170 Å². The average Bonchev–Trinajstić information content (AvgIpc) is 3.07. The van der Waals surface area contributed by atoms with Crippen LogP contribution in [0.15, 0.2) is 23.3 Å². The van der Waals surface area contributed by atoms with E-state index in [1.807, 2.05) is 0 Å². The van der Waals surface area contributed by atoms with E-state index in [1.54, 1.807) is 6.08 Å². The number of fused-ring (bicyclic) bond motifs is 1. The zero-order valence-electron chi connectivity index (χ0n) is 17.3. The first kappa shape index (κ1) is 21.6. The highest BCUT2D eigenvalue weighted by Gasteiger charge is 2.59. The minimum absolute atomic E-state index is 0.139. The van der Waals surface area contributed by atoms with Gasteiger partial charge in [-0.3, -0.25) is 4.79 Å². The number of carboxylic acids is 1. The van der Waals surface area contributed by atoms with Crippen LogP contribution in [0.1, 0.15) is 52.9 Å². The van der Waals surface area contributed by atoms with Crippen molar-refractivity contribution in [2.45, 2.75) is 59.0 Å². The first-order chi connectivity index (χ1) is 13.6. The molecule has 5 atom stereocenters. The van der Waals surface area contributed by atoms with Gasteiger partial charge in [0.25, 0.3) is 0 Å². The number of aliphatic hydroxyl groups excluding tert-OH is 1. The number of cyclic esters (lactones) is 1. The quantitative estimate of drug-likeness (QED) is 0.653. The summed E-state index contributed by atoms with van der Waals surface area (Å²) in [5.74, 6) is -1.77. The van der Waals surface area contributed by atoms with E-state index < -0.39 is 23.5 Å². The Kier molecular flexibility index (Phi) is 5.90. The van der Waals surface area contributed by atoms with Crippen LogP contribution in [0.3, 0.4) is 0 Å². The number of carbonyl (C=O) groups excluding carboxylic acids is 2. The van der Waals surface area contributed by atoms with Gasteiger partial charge in [0.2, 0.25) is 0 Å². The van der Waals surface area contributed by atoms with Gasteiger partial charge in [0.15, 0.2) is 0 Å². The number of hydrogen-bond donors (Lipinski definition) is 2. The SMILES string of the molecule is CC(=O)O[C@@H]1C=C(C(=O)O)[C@@]2(CO)CC[C@H](C)[C@](C)(CCC3=CCOC3=O)[C@H]2C1. The molecule has 7 heteroatoms. The van der Waals surface area contributed by atoms with Crippen LogP contribution in [0, 0.1) is 22.7 Å². The first-order valence-electron chi connectivity index (χ1n) is 10.2. The number of carbonyl (C=O) groups is 3. The van der Waals surface area contributed by atoms with Crippen LogP contribution in [0.4, 0.5) is 0 Å². The van der Waals surface area contributed by atoms with Crippen LogP contribution in [0.25, 0.3) is 0 Å². The van der Waals surface area contributed by atoms with Crippen molar-refractivity contribution in [2.24, 2.45) is 22.7 Å². The number of ether oxygens (including phenoxy) is 2. The van der Waals surface area contributed by atoms with Crippen LogP contribution >= 0.6 is 0 Å². The molecule has 7 nitrogen and oxygen atoms in total. The largest absolute Gasteiger partial charge is 0.478 e. The Morgan fingerprint density at radius 1 is 1.38 bits per heavy atom. The minimum Gasteiger partial charge on any atom is -0.478 e. The summed E-state index contributed by atoms with van der Waals surface area (Å²) in [5, 5.41) is 20.3. The van der Waals surface area contributed by atoms with Crippen LogP contribution in [-0.4, -0.2) is 47.4 Å².